The highest BCUT2D eigenvalue weighted by Gasteiger charge is 2.61. The van der Waals surface area contributed by atoms with E-state index in [9.17, 15) is 0 Å². The van der Waals surface area contributed by atoms with Gasteiger partial charge in [0, 0.05) is 15.8 Å². The van der Waals surface area contributed by atoms with Gasteiger partial charge < -0.3 is 0 Å². The Bertz CT molecular complexity index is 1610. The zero-order valence-corrected chi connectivity index (χ0v) is 23.8. The molecule has 5 atom stereocenters. The molecule has 8 rings (SSSR count). The van der Waals surface area contributed by atoms with Crippen molar-refractivity contribution in [2.45, 2.75) is 43.4 Å². The van der Waals surface area contributed by atoms with Crippen LogP contribution < -0.4 is 0 Å². The molecule has 0 nitrogen and oxygen atoms in total. The molecule has 0 saturated heterocycles. The van der Waals surface area contributed by atoms with Crippen molar-refractivity contribution < 1.29 is 0 Å². The number of allylic oxidation sites excluding steroid dienone is 10. The SMILES string of the molecule is Brc1ccc(C2=CCC(CC3=CC=C4c5ccccc5C5(c6ccccc6C6CC=CCC65)C4C3)C=C2)cc1. The minimum atomic E-state index is 0.0883. The zero-order chi connectivity index (χ0) is 26.0. The molecule has 192 valence electrons. The summed E-state index contributed by atoms with van der Waals surface area (Å²) >= 11 is 3.56. The van der Waals surface area contributed by atoms with Gasteiger partial charge in [0.25, 0.3) is 0 Å². The summed E-state index contributed by atoms with van der Waals surface area (Å²) in [6.07, 6.45) is 23.0. The van der Waals surface area contributed by atoms with Crippen molar-refractivity contribution in [2.24, 2.45) is 17.8 Å². The van der Waals surface area contributed by atoms with Crippen LogP contribution in [0.5, 0.6) is 0 Å². The first-order chi connectivity index (χ1) is 19.2. The molecule has 1 spiro atoms. The van der Waals surface area contributed by atoms with Gasteiger partial charge in [-0.2, -0.15) is 0 Å². The summed E-state index contributed by atoms with van der Waals surface area (Å²) in [5.74, 6) is 2.38. The zero-order valence-electron chi connectivity index (χ0n) is 22.2. The molecule has 1 heteroatoms. The third kappa shape index (κ3) is 3.55. The van der Waals surface area contributed by atoms with Gasteiger partial charge in [0.15, 0.2) is 0 Å². The predicted molar refractivity (Wildman–Crippen MR) is 166 cm³/mol. The van der Waals surface area contributed by atoms with E-state index in [2.05, 4.69) is 131 Å². The molecule has 0 radical (unpaired) electrons. The average molecular weight is 570 g/mol. The van der Waals surface area contributed by atoms with Crippen LogP contribution in [0.25, 0.3) is 11.1 Å². The molecular weight excluding hydrogens is 536 g/mol. The first-order valence-corrected chi connectivity index (χ1v) is 15.4. The van der Waals surface area contributed by atoms with Crippen molar-refractivity contribution in [3.8, 4) is 0 Å². The molecule has 3 aromatic carbocycles. The molecule has 0 fully saturated rings. The number of fused-ring (bicyclic) bond motifs is 10. The summed E-state index contributed by atoms with van der Waals surface area (Å²) in [5, 5.41) is 0. The monoisotopic (exact) mass is 568 g/mol. The Morgan fingerprint density at radius 2 is 1.59 bits per heavy atom. The highest BCUT2D eigenvalue weighted by Crippen LogP contribution is 2.68. The maximum absolute atomic E-state index is 3.56. The van der Waals surface area contributed by atoms with E-state index in [1.807, 2.05) is 0 Å². The average Bonchev–Trinajstić information content (AvgIpc) is 3.45. The van der Waals surface area contributed by atoms with Gasteiger partial charge in [-0.05, 0) is 101 Å². The second-order valence-corrected chi connectivity index (χ2v) is 13.0. The summed E-state index contributed by atoms with van der Waals surface area (Å²) in [4.78, 5) is 0. The van der Waals surface area contributed by atoms with E-state index in [-0.39, 0.29) is 5.41 Å². The van der Waals surface area contributed by atoms with Crippen LogP contribution >= 0.6 is 15.9 Å². The van der Waals surface area contributed by atoms with Crippen LogP contribution in [0.1, 0.15) is 65.8 Å². The van der Waals surface area contributed by atoms with E-state index < -0.39 is 0 Å². The molecule has 0 N–H and O–H groups in total. The molecule has 5 aliphatic carbocycles. The van der Waals surface area contributed by atoms with E-state index in [0.29, 0.717) is 23.7 Å². The van der Waals surface area contributed by atoms with E-state index in [4.69, 9.17) is 0 Å². The topological polar surface area (TPSA) is 0 Å². The fourth-order valence-electron chi connectivity index (χ4n) is 8.74. The standard InChI is InChI=1S/C38H33Br/c39-29-20-18-28(19-21-29)27-16-13-25(14-17-27)23-26-15-22-33-32-9-3-6-12-36(32)38(37(33)24-26)34-10-4-1-7-30(34)31-8-2-5-11-35(31)38/h1-7,9-10,12-13,15-22,25,31,35,37H,8,11,14,23-24H2. The largest absolute Gasteiger partial charge is 0.0882 e. The molecule has 0 bridgehead atoms. The van der Waals surface area contributed by atoms with Gasteiger partial charge in [-0.3, -0.25) is 0 Å². The summed E-state index contributed by atoms with van der Waals surface area (Å²) in [5.41, 5.74) is 12.3. The van der Waals surface area contributed by atoms with Crippen LogP contribution in [0.3, 0.4) is 0 Å². The van der Waals surface area contributed by atoms with Gasteiger partial charge in [0.1, 0.15) is 0 Å². The van der Waals surface area contributed by atoms with Gasteiger partial charge in [-0.1, -0.05) is 125 Å². The third-order valence-electron chi connectivity index (χ3n) is 10.3. The van der Waals surface area contributed by atoms with Crippen LogP contribution in [-0.2, 0) is 5.41 Å². The number of benzene rings is 3. The normalized spacial score (nSPS) is 29.7. The second-order valence-electron chi connectivity index (χ2n) is 12.1. The fraction of sp³-hybridized carbons (Fsp3) is 0.263. The Hall–Kier alpha value is -3.16. The molecule has 5 aliphatic rings. The number of hydrogen-bond donors (Lipinski definition) is 0. The fourth-order valence-corrected chi connectivity index (χ4v) is 9.00. The smallest absolute Gasteiger partial charge is 0.0320 e. The Kier molecular flexibility index (Phi) is 5.59. The molecule has 0 aliphatic heterocycles. The summed E-state index contributed by atoms with van der Waals surface area (Å²) in [6.45, 7) is 0. The maximum Gasteiger partial charge on any atom is 0.0320 e. The Morgan fingerprint density at radius 3 is 2.44 bits per heavy atom. The van der Waals surface area contributed by atoms with Crippen molar-refractivity contribution >= 4 is 27.1 Å². The first-order valence-electron chi connectivity index (χ1n) is 14.6. The number of halogens is 1. The van der Waals surface area contributed by atoms with E-state index in [1.165, 1.54) is 36.0 Å². The highest BCUT2D eigenvalue weighted by atomic mass is 79.9. The lowest BCUT2D eigenvalue weighted by Gasteiger charge is -2.43. The third-order valence-corrected chi connectivity index (χ3v) is 10.8. The van der Waals surface area contributed by atoms with Crippen LogP contribution in [0, 0.1) is 17.8 Å². The van der Waals surface area contributed by atoms with Crippen LogP contribution in [0.15, 0.2) is 125 Å². The summed E-state index contributed by atoms with van der Waals surface area (Å²) in [6, 6.07) is 27.5. The molecular formula is C38H33Br. The lowest BCUT2D eigenvalue weighted by Crippen LogP contribution is -2.39. The van der Waals surface area contributed by atoms with Crippen LogP contribution in [0.4, 0.5) is 0 Å². The van der Waals surface area contributed by atoms with Gasteiger partial charge in [-0.15, -0.1) is 0 Å². The van der Waals surface area contributed by atoms with E-state index >= 15 is 0 Å². The quantitative estimate of drug-likeness (QED) is 0.275. The van der Waals surface area contributed by atoms with Crippen molar-refractivity contribution in [3.63, 3.8) is 0 Å². The van der Waals surface area contributed by atoms with E-state index in [0.717, 1.165) is 17.3 Å². The molecule has 3 aromatic rings. The van der Waals surface area contributed by atoms with Crippen LogP contribution in [0.2, 0.25) is 0 Å². The van der Waals surface area contributed by atoms with E-state index in [1.54, 1.807) is 27.8 Å². The van der Waals surface area contributed by atoms with Crippen molar-refractivity contribution in [2.75, 3.05) is 0 Å². The maximum atomic E-state index is 3.56. The van der Waals surface area contributed by atoms with Gasteiger partial charge in [0.2, 0.25) is 0 Å². The molecule has 0 aromatic heterocycles. The number of rotatable bonds is 3. The Morgan fingerprint density at radius 1 is 0.795 bits per heavy atom. The van der Waals surface area contributed by atoms with Crippen molar-refractivity contribution in [3.05, 3.63) is 153 Å². The summed E-state index contributed by atoms with van der Waals surface area (Å²) in [7, 11) is 0. The second kappa shape index (κ2) is 9.20. The van der Waals surface area contributed by atoms with Gasteiger partial charge >= 0.3 is 0 Å². The van der Waals surface area contributed by atoms with Crippen molar-refractivity contribution in [1.29, 1.82) is 0 Å². The minimum Gasteiger partial charge on any atom is -0.0882 e. The molecule has 0 saturated carbocycles. The lowest BCUT2D eigenvalue weighted by molar-refractivity contribution is 0.249. The first kappa shape index (κ1) is 23.7. The van der Waals surface area contributed by atoms with Crippen LogP contribution in [-0.4, -0.2) is 0 Å². The predicted octanol–water partition coefficient (Wildman–Crippen LogP) is 10.2. The Labute approximate surface area is 240 Å². The minimum absolute atomic E-state index is 0.0883. The molecule has 39 heavy (non-hydrogen) atoms. The molecule has 5 unspecified atom stereocenters. The lowest BCUT2D eigenvalue weighted by atomic mass is 9.59. The summed E-state index contributed by atoms with van der Waals surface area (Å²) < 4.78 is 1.13. The number of hydrogen-bond acceptors (Lipinski definition) is 0. The molecule has 0 heterocycles. The highest BCUT2D eigenvalue weighted by molar-refractivity contribution is 9.10. The van der Waals surface area contributed by atoms with Gasteiger partial charge in [-0.25, -0.2) is 0 Å². The Balaban J connectivity index is 1.13. The van der Waals surface area contributed by atoms with Gasteiger partial charge in [0.05, 0.1) is 0 Å². The van der Waals surface area contributed by atoms with Crippen molar-refractivity contribution in [1.82, 2.24) is 0 Å². The molecule has 0 amide bonds.